The number of carbonyl (C=O) groups excluding carboxylic acids is 1. The van der Waals surface area contributed by atoms with Crippen LogP contribution in [0.5, 0.6) is 0 Å². The molecular weight excluding hydrogens is 280 g/mol. The van der Waals surface area contributed by atoms with Crippen molar-refractivity contribution in [1.29, 1.82) is 0 Å². The van der Waals surface area contributed by atoms with Gasteiger partial charge in [-0.2, -0.15) is 11.8 Å². The Morgan fingerprint density at radius 2 is 2.14 bits per heavy atom. The van der Waals surface area contributed by atoms with Gasteiger partial charge in [0.2, 0.25) is 5.91 Å². The van der Waals surface area contributed by atoms with E-state index in [1.807, 2.05) is 16.7 Å². The van der Waals surface area contributed by atoms with E-state index in [-0.39, 0.29) is 16.8 Å². The highest BCUT2D eigenvalue weighted by Crippen LogP contribution is 2.40. The Bertz CT molecular complexity index is 508. The largest absolute Gasteiger partial charge is 0.320 e. The fourth-order valence-electron chi connectivity index (χ4n) is 3.27. The van der Waals surface area contributed by atoms with Crippen molar-refractivity contribution in [2.75, 3.05) is 18.8 Å². The van der Waals surface area contributed by atoms with E-state index in [0.29, 0.717) is 6.54 Å². The van der Waals surface area contributed by atoms with Gasteiger partial charge in [-0.25, -0.2) is 0 Å². The third-order valence-electron chi connectivity index (χ3n) is 4.59. The average Bonchev–Trinajstić information content (AvgIpc) is 3.07. The summed E-state index contributed by atoms with van der Waals surface area (Å²) >= 11 is 2.02. The van der Waals surface area contributed by atoms with Crippen molar-refractivity contribution in [1.82, 2.24) is 10.2 Å². The molecule has 0 saturated carbocycles. The number of nitrogens with zero attached hydrogens (tertiary/aromatic N) is 1. The summed E-state index contributed by atoms with van der Waals surface area (Å²) in [6, 6.07) is 8.66. The second-order valence-corrected chi connectivity index (χ2v) is 7.98. The molecule has 0 aromatic heterocycles. The van der Waals surface area contributed by atoms with E-state index >= 15 is 0 Å². The Morgan fingerprint density at radius 3 is 2.76 bits per heavy atom. The molecule has 2 aliphatic heterocycles. The molecule has 4 heteroatoms. The van der Waals surface area contributed by atoms with Crippen LogP contribution in [0.2, 0.25) is 0 Å². The number of aryl methyl sites for hydroxylation is 1. The molecule has 2 unspecified atom stereocenters. The van der Waals surface area contributed by atoms with Crippen molar-refractivity contribution in [3.8, 4) is 0 Å². The van der Waals surface area contributed by atoms with Crippen LogP contribution in [0.3, 0.4) is 0 Å². The summed E-state index contributed by atoms with van der Waals surface area (Å²) in [5.74, 6) is 1.45. The molecule has 3 rings (SSSR count). The first-order valence-corrected chi connectivity index (χ1v) is 8.85. The average molecular weight is 304 g/mol. The van der Waals surface area contributed by atoms with Crippen LogP contribution in [0.25, 0.3) is 0 Å². The van der Waals surface area contributed by atoms with Gasteiger partial charge >= 0.3 is 0 Å². The van der Waals surface area contributed by atoms with Crippen LogP contribution in [0.4, 0.5) is 0 Å². The van der Waals surface area contributed by atoms with Gasteiger partial charge in [0.25, 0.3) is 0 Å². The number of carbonyl (C=O) groups is 1. The fraction of sp³-hybridized carbons (Fsp3) is 0.588. The molecule has 2 fully saturated rings. The SMILES string of the molecule is CCc1ccc(C2NCC(=O)N2CC2(C)CCCS2)cc1. The summed E-state index contributed by atoms with van der Waals surface area (Å²) in [6.45, 7) is 5.77. The van der Waals surface area contributed by atoms with Crippen LogP contribution in [0, 0.1) is 0 Å². The van der Waals surface area contributed by atoms with Crippen molar-refractivity contribution in [2.24, 2.45) is 0 Å². The number of benzene rings is 1. The zero-order valence-corrected chi connectivity index (χ0v) is 13.7. The Hall–Kier alpha value is -1.00. The van der Waals surface area contributed by atoms with Crippen LogP contribution in [-0.4, -0.2) is 34.4 Å². The predicted octanol–water partition coefficient (Wildman–Crippen LogP) is 2.97. The first-order chi connectivity index (χ1) is 10.1. The molecule has 1 aromatic rings. The van der Waals surface area contributed by atoms with E-state index in [1.54, 1.807) is 0 Å². The number of thioether (sulfide) groups is 1. The first kappa shape index (κ1) is 14.9. The highest BCUT2D eigenvalue weighted by Gasteiger charge is 2.39. The zero-order valence-electron chi connectivity index (χ0n) is 12.9. The molecule has 3 nitrogen and oxygen atoms in total. The molecule has 0 radical (unpaired) electrons. The maximum atomic E-state index is 12.3. The van der Waals surface area contributed by atoms with Crippen molar-refractivity contribution in [2.45, 2.75) is 44.0 Å². The lowest BCUT2D eigenvalue weighted by Crippen LogP contribution is -2.40. The molecule has 1 N–H and O–H groups in total. The minimum atomic E-state index is 0.0430. The lowest BCUT2D eigenvalue weighted by atomic mass is 10.0. The first-order valence-electron chi connectivity index (χ1n) is 7.87. The zero-order chi connectivity index (χ0) is 14.9. The van der Waals surface area contributed by atoms with E-state index in [4.69, 9.17) is 0 Å². The van der Waals surface area contributed by atoms with Crippen LogP contribution in [0.15, 0.2) is 24.3 Å². The number of hydrogen-bond acceptors (Lipinski definition) is 3. The monoisotopic (exact) mass is 304 g/mol. The van der Waals surface area contributed by atoms with Gasteiger partial charge in [-0.1, -0.05) is 31.2 Å². The highest BCUT2D eigenvalue weighted by molar-refractivity contribution is 8.00. The lowest BCUT2D eigenvalue weighted by Gasteiger charge is -2.33. The molecule has 2 heterocycles. The molecule has 0 spiro atoms. The van der Waals surface area contributed by atoms with Gasteiger partial charge < -0.3 is 4.90 Å². The van der Waals surface area contributed by atoms with Crippen LogP contribution >= 0.6 is 11.8 Å². The molecule has 0 bridgehead atoms. The molecule has 1 amide bonds. The minimum Gasteiger partial charge on any atom is -0.320 e. The smallest absolute Gasteiger partial charge is 0.238 e. The van der Waals surface area contributed by atoms with Crippen LogP contribution in [0.1, 0.15) is 44.0 Å². The second kappa shape index (κ2) is 6.01. The number of hydrogen-bond donors (Lipinski definition) is 1. The Kier molecular flexibility index (Phi) is 4.27. The number of nitrogens with one attached hydrogen (secondary N) is 1. The Morgan fingerprint density at radius 1 is 1.38 bits per heavy atom. The van der Waals surface area contributed by atoms with Gasteiger partial charge in [0, 0.05) is 11.3 Å². The van der Waals surface area contributed by atoms with E-state index < -0.39 is 0 Å². The van der Waals surface area contributed by atoms with E-state index in [1.165, 1.54) is 29.7 Å². The molecule has 114 valence electrons. The number of amides is 1. The standard InChI is InChI=1S/C17H24N2OS/c1-3-13-5-7-14(8-6-13)16-18-11-15(20)19(16)12-17(2)9-4-10-21-17/h5-8,16,18H,3-4,9-12H2,1-2H3. The van der Waals surface area contributed by atoms with Gasteiger partial charge in [-0.05, 0) is 43.1 Å². The van der Waals surface area contributed by atoms with Crippen molar-refractivity contribution < 1.29 is 4.79 Å². The third kappa shape index (κ3) is 3.11. The maximum absolute atomic E-state index is 12.3. The fourth-order valence-corrected chi connectivity index (χ4v) is 4.58. The van der Waals surface area contributed by atoms with Gasteiger partial charge in [0.05, 0.1) is 6.54 Å². The predicted molar refractivity (Wildman–Crippen MR) is 88.4 cm³/mol. The number of rotatable bonds is 4. The molecule has 2 saturated heterocycles. The summed E-state index contributed by atoms with van der Waals surface area (Å²) in [6.07, 6.45) is 3.58. The summed E-state index contributed by atoms with van der Waals surface area (Å²) in [5.41, 5.74) is 2.54. The normalized spacial score (nSPS) is 29.3. The van der Waals surface area contributed by atoms with Gasteiger partial charge in [-0.15, -0.1) is 0 Å². The molecule has 0 aliphatic carbocycles. The molecule has 21 heavy (non-hydrogen) atoms. The Labute approximate surface area is 131 Å². The summed E-state index contributed by atoms with van der Waals surface area (Å²) < 4.78 is 0.225. The van der Waals surface area contributed by atoms with Crippen molar-refractivity contribution in [3.05, 3.63) is 35.4 Å². The van der Waals surface area contributed by atoms with Crippen LogP contribution in [-0.2, 0) is 11.2 Å². The second-order valence-electron chi connectivity index (χ2n) is 6.30. The van der Waals surface area contributed by atoms with E-state index in [9.17, 15) is 4.79 Å². The maximum Gasteiger partial charge on any atom is 0.238 e. The summed E-state index contributed by atoms with van der Waals surface area (Å²) in [5, 5.41) is 3.37. The summed E-state index contributed by atoms with van der Waals surface area (Å²) in [7, 11) is 0. The van der Waals surface area contributed by atoms with Gasteiger partial charge in [0.15, 0.2) is 0 Å². The topological polar surface area (TPSA) is 32.3 Å². The van der Waals surface area contributed by atoms with Gasteiger partial charge in [0.1, 0.15) is 6.17 Å². The van der Waals surface area contributed by atoms with E-state index in [0.717, 1.165) is 13.0 Å². The lowest BCUT2D eigenvalue weighted by molar-refractivity contribution is -0.128. The molecule has 2 aliphatic rings. The highest BCUT2D eigenvalue weighted by atomic mass is 32.2. The molecular formula is C17H24N2OS. The molecule has 2 atom stereocenters. The Balaban J connectivity index is 1.78. The quantitative estimate of drug-likeness (QED) is 0.928. The minimum absolute atomic E-state index is 0.0430. The summed E-state index contributed by atoms with van der Waals surface area (Å²) in [4.78, 5) is 14.3. The third-order valence-corrected chi connectivity index (χ3v) is 6.11. The van der Waals surface area contributed by atoms with Gasteiger partial charge in [-0.3, -0.25) is 10.1 Å². The van der Waals surface area contributed by atoms with Crippen molar-refractivity contribution >= 4 is 17.7 Å². The van der Waals surface area contributed by atoms with Crippen LogP contribution < -0.4 is 5.32 Å². The van der Waals surface area contributed by atoms with Crippen molar-refractivity contribution in [3.63, 3.8) is 0 Å². The molecule has 1 aromatic carbocycles. The van der Waals surface area contributed by atoms with E-state index in [2.05, 4.69) is 43.4 Å².